The maximum atomic E-state index is 13.7. The minimum Gasteiger partial charge on any atom is -0.392 e. The molecule has 2 rings (SSSR count). The van der Waals surface area contributed by atoms with E-state index in [4.69, 9.17) is 9.84 Å². The number of benzene rings is 1. The van der Waals surface area contributed by atoms with Crippen LogP contribution in [0.3, 0.4) is 0 Å². The van der Waals surface area contributed by atoms with Crippen molar-refractivity contribution in [3.8, 4) is 0 Å². The highest BCUT2D eigenvalue weighted by Gasteiger charge is 2.27. The number of ether oxygens (including phenoxy) is 1. The van der Waals surface area contributed by atoms with Crippen molar-refractivity contribution >= 4 is 10.0 Å². The van der Waals surface area contributed by atoms with Crippen LogP contribution in [-0.2, 0) is 21.4 Å². The van der Waals surface area contributed by atoms with Crippen LogP contribution < -0.4 is 0 Å². The highest BCUT2D eigenvalue weighted by Crippen LogP contribution is 2.23. The van der Waals surface area contributed by atoms with Crippen LogP contribution in [0.1, 0.15) is 24.0 Å². The van der Waals surface area contributed by atoms with Crippen molar-refractivity contribution in [2.45, 2.75) is 37.4 Å². The monoisotopic (exact) mass is 317 g/mol. The van der Waals surface area contributed by atoms with Crippen LogP contribution in [0.5, 0.6) is 0 Å². The Morgan fingerprint density at radius 1 is 1.48 bits per heavy atom. The van der Waals surface area contributed by atoms with Crippen LogP contribution in [0.15, 0.2) is 17.0 Å². The highest BCUT2D eigenvalue weighted by atomic mass is 32.2. The number of sulfonamides is 1. The lowest BCUT2D eigenvalue weighted by Crippen LogP contribution is -2.34. The minimum absolute atomic E-state index is 0.00838. The van der Waals surface area contributed by atoms with Crippen LogP contribution >= 0.6 is 0 Å². The van der Waals surface area contributed by atoms with Gasteiger partial charge in [-0.15, -0.1) is 0 Å². The number of aliphatic hydroxyl groups excluding tert-OH is 1. The SMILES string of the molecule is Cc1cc(S(=O)(=O)N(C)CC2CCCO2)cc(CO)c1F. The molecule has 7 heteroatoms. The van der Waals surface area contributed by atoms with Gasteiger partial charge in [0, 0.05) is 25.8 Å². The number of halogens is 1. The largest absolute Gasteiger partial charge is 0.392 e. The Morgan fingerprint density at radius 3 is 2.76 bits per heavy atom. The first-order valence-corrected chi connectivity index (χ1v) is 8.28. The summed E-state index contributed by atoms with van der Waals surface area (Å²) < 4.78 is 45.4. The third-order valence-corrected chi connectivity index (χ3v) is 5.47. The first-order valence-electron chi connectivity index (χ1n) is 6.84. The summed E-state index contributed by atoms with van der Waals surface area (Å²) in [4.78, 5) is -0.00838. The molecular weight excluding hydrogens is 297 g/mol. The van der Waals surface area contributed by atoms with Gasteiger partial charge in [-0.2, -0.15) is 4.31 Å². The van der Waals surface area contributed by atoms with Crippen molar-refractivity contribution in [2.75, 3.05) is 20.2 Å². The maximum absolute atomic E-state index is 13.7. The quantitative estimate of drug-likeness (QED) is 0.892. The van der Waals surface area contributed by atoms with E-state index in [0.29, 0.717) is 6.61 Å². The second-order valence-corrected chi connectivity index (χ2v) is 7.34. The molecular formula is C14H20FNO4S. The van der Waals surface area contributed by atoms with E-state index in [1.54, 1.807) is 0 Å². The number of hydrogen-bond acceptors (Lipinski definition) is 4. The third kappa shape index (κ3) is 3.42. The Kier molecular flexibility index (Phi) is 4.98. The van der Waals surface area contributed by atoms with Gasteiger partial charge < -0.3 is 9.84 Å². The van der Waals surface area contributed by atoms with Gasteiger partial charge in [0.2, 0.25) is 10.0 Å². The smallest absolute Gasteiger partial charge is 0.242 e. The average molecular weight is 317 g/mol. The van der Waals surface area contributed by atoms with E-state index in [0.717, 1.165) is 12.8 Å². The van der Waals surface area contributed by atoms with Gasteiger partial charge in [0.05, 0.1) is 17.6 Å². The molecule has 5 nitrogen and oxygen atoms in total. The number of aryl methyl sites for hydroxylation is 1. The summed E-state index contributed by atoms with van der Waals surface area (Å²) in [6.45, 7) is 1.87. The van der Waals surface area contributed by atoms with Crippen LogP contribution in [0.25, 0.3) is 0 Å². The lowest BCUT2D eigenvalue weighted by atomic mass is 10.1. The number of nitrogens with zero attached hydrogens (tertiary/aromatic N) is 1. The molecule has 0 aromatic heterocycles. The summed E-state index contributed by atoms with van der Waals surface area (Å²) in [5.41, 5.74) is 0.185. The second kappa shape index (κ2) is 6.39. The van der Waals surface area contributed by atoms with Crippen molar-refractivity contribution < 1.29 is 22.7 Å². The topological polar surface area (TPSA) is 66.8 Å². The maximum Gasteiger partial charge on any atom is 0.242 e. The molecule has 1 fully saturated rings. The second-order valence-electron chi connectivity index (χ2n) is 5.29. The Hall–Kier alpha value is -1.02. The van der Waals surface area contributed by atoms with Crippen LogP contribution in [-0.4, -0.2) is 44.1 Å². The van der Waals surface area contributed by atoms with Gasteiger partial charge in [0.15, 0.2) is 0 Å². The Balaban J connectivity index is 2.27. The van der Waals surface area contributed by atoms with Gasteiger partial charge in [0.1, 0.15) is 5.82 Å². The molecule has 21 heavy (non-hydrogen) atoms. The van der Waals surface area contributed by atoms with Crippen molar-refractivity contribution in [2.24, 2.45) is 0 Å². The summed E-state index contributed by atoms with van der Waals surface area (Å²) in [7, 11) is -2.24. The van der Waals surface area contributed by atoms with Gasteiger partial charge in [-0.05, 0) is 37.5 Å². The number of rotatable bonds is 5. The molecule has 0 amide bonds. The lowest BCUT2D eigenvalue weighted by Gasteiger charge is -2.21. The molecule has 1 aromatic rings. The van der Waals surface area contributed by atoms with E-state index in [9.17, 15) is 12.8 Å². The van der Waals surface area contributed by atoms with Crippen molar-refractivity contribution in [3.05, 3.63) is 29.1 Å². The van der Waals surface area contributed by atoms with E-state index < -0.39 is 22.4 Å². The Morgan fingerprint density at radius 2 is 2.19 bits per heavy atom. The molecule has 1 saturated heterocycles. The molecule has 0 radical (unpaired) electrons. The number of hydrogen-bond donors (Lipinski definition) is 1. The fourth-order valence-electron chi connectivity index (χ4n) is 2.42. The summed E-state index contributed by atoms with van der Waals surface area (Å²) in [5.74, 6) is -0.571. The van der Waals surface area contributed by atoms with Crippen molar-refractivity contribution in [3.63, 3.8) is 0 Å². The fourth-order valence-corrected chi connectivity index (χ4v) is 3.76. The summed E-state index contributed by atoms with van der Waals surface area (Å²) in [6.07, 6.45) is 1.68. The van der Waals surface area contributed by atoms with E-state index in [1.165, 1.54) is 30.4 Å². The van der Waals surface area contributed by atoms with Gasteiger partial charge in [-0.1, -0.05) is 0 Å². The zero-order valence-corrected chi connectivity index (χ0v) is 13.0. The standard InChI is InChI=1S/C14H20FNO4S/c1-10-6-13(7-11(9-17)14(10)15)21(18,19)16(2)8-12-4-3-5-20-12/h6-7,12,17H,3-5,8-9H2,1-2H3. The molecule has 1 aromatic carbocycles. The van der Waals surface area contributed by atoms with Crippen LogP contribution in [0, 0.1) is 12.7 Å². The molecule has 1 N–H and O–H groups in total. The summed E-state index contributed by atoms with van der Waals surface area (Å²) >= 11 is 0. The van der Waals surface area contributed by atoms with Gasteiger partial charge in [0.25, 0.3) is 0 Å². The molecule has 1 aliphatic heterocycles. The van der Waals surface area contributed by atoms with E-state index in [2.05, 4.69) is 0 Å². The van der Waals surface area contributed by atoms with Crippen molar-refractivity contribution in [1.29, 1.82) is 0 Å². The highest BCUT2D eigenvalue weighted by molar-refractivity contribution is 7.89. The molecule has 0 aliphatic carbocycles. The van der Waals surface area contributed by atoms with E-state index >= 15 is 0 Å². The molecule has 1 atom stereocenters. The fraction of sp³-hybridized carbons (Fsp3) is 0.571. The van der Waals surface area contributed by atoms with Crippen molar-refractivity contribution in [1.82, 2.24) is 4.31 Å². The molecule has 0 bridgehead atoms. The molecule has 0 saturated carbocycles. The van der Waals surface area contributed by atoms with Crippen LogP contribution in [0.2, 0.25) is 0 Å². The van der Waals surface area contributed by atoms with Crippen LogP contribution in [0.4, 0.5) is 4.39 Å². The molecule has 0 spiro atoms. The predicted molar refractivity (Wildman–Crippen MR) is 75.8 cm³/mol. The van der Waals surface area contributed by atoms with Gasteiger partial charge >= 0.3 is 0 Å². The first-order chi connectivity index (χ1) is 9.86. The normalized spacial score (nSPS) is 19.4. The number of likely N-dealkylation sites (N-methyl/N-ethyl adjacent to an activating group) is 1. The third-order valence-electron chi connectivity index (χ3n) is 3.67. The number of aliphatic hydroxyl groups is 1. The Bertz CT molecular complexity index is 612. The summed E-state index contributed by atoms with van der Waals surface area (Å²) in [5, 5.41) is 9.13. The molecule has 1 unspecified atom stereocenters. The van der Waals surface area contributed by atoms with Gasteiger partial charge in [-0.25, -0.2) is 12.8 Å². The average Bonchev–Trinajstić information content (AvgIpc) is 2.94. The van der Waals surface area contributed by atoms with E-state index in [-0.39, 0.29) is 28.7 Å². The predicted octanol–water partition coefficient (Wildman–Crippen LogP) is 1.43. The minimum atomic E-state index is -3.72. The molecule has 118 valence electrons. The summed E-state index contributed by atoms with van der Waals surface area (Å²) in [6, 6.07) is 2.47. The molecule has 1 heterocycles. The Labute approximate surface area is 124 Å². The zero-order valence-electron chi connectivity index (χ0n) is 12.2. The first kappa shape index (κ1) is 16.4. The lowest BCUT2D eigenvalue weighted by molar-refractivity contribution is 0.0979. The van der Waals surface area contributed by atoms with Gasteiger partial charge in [-0.3, -0.25) is 0 Å². The van der Waals surface area contributed by atoms with E-state index in [1.807, 2.05) is 0 Å². The molecule has 1 aliphatic rings. The zero-order chi connectivity index (χ0) is 15.6.